The molecule has 1 aromatic rings. The van der Waals surface area contributed by atoms with Crippen molar-refractivity contribution in [2.24, 2.45) is 17.1 Å². The largest absolute Gasteiger partial charge is 0.493 e. The van der Waals surface area contributed by atoms with Gasteiger partial charge in [-0.2, -0.15) is 0 Å². The van der Waals surface area contributed by atoms with Gasteiger partial charge < -0.3 is 15.6 Å². The SMILES string of the molecule is NCCC(O)c1cccc(OCC2(C3CC3)CCCCC2)c1. The van der Waals surface area contributed by atoms with E-state index in [0.717, 1.165) is 23.8 Å². The Labute approximate surface area is 133 Å². The van der Waals surface area contributed by atoms with Gasteiger partial charge in [-0.05, 0) is 62.3 Å². The lowest BCUT2D eigenvalue weighted by atomic mass is 9.71. The highest BCUT2D eigenvalue weighted by Crippen LogP contribution is 2.53. The molecule has 0 spiro atoms. The highest BCUT2D eigenvalue weighted by atomic mass is 16.5. The minimum absolute atomic E-state index is 0.421. The molecule has 22 heavy (non-hydrogen) atoms. The predicted molar refractivity (Wildman–Crippen MR) is 88.8 cm³/mol. The maximum absolute atomic E-state index is 10.1. The van der Waals surface area contributed by atoms with Crippen LogP contribution in [0.2, 0.25) is 0 Å². The molecule has 1 unspecified atom stereocenters. The summed E-state index contributed by atoms with van der Waals surface area (Å²) in [5.41, 5.74) is 6.86. The van der Waals surface area contributed by atoms with E-state index in [9.17, 15) is 5.11 Å². The first-order valence-electron chi connectivity index (χ1n) is 8.84. The van der Waals surface area contributed by atoms with Crippen molar-refractivity contribution in [1.29, 1.82) is 0 Å². The third kappa shape index (κ3) is 3.64. The zero-order valence-electron chi connectivity index (χ0n) is 13.5. The highest BCUT2D eigenvalue weighted by Gasteiger charge is 2.46. The topological polar surface area (TPSA) is 55.5 Å². The molecule has 2 saturated carbocycles. The molecule has 2 fully saturated rings. The Morgan fingerprint density at radius 1 is 1.23 bits per heavy atom. The number of aliphatic hydroxyl groups is 1. The summed E-state index contributed by atoms with van der Waals surface area (Å²) in [6.45, 7) is 1.34. The Kier molecular flexibility index (Phi) is 5.04. The Morgan fingerprint density at radius 2 is 2.00 bits per heavy atom. The van der Waals surface area contributed by atoms with Gasteiger partial charge in [0.1, 0.15) is 5.75 Å². The Bertz CT molecular complexity index is 478. The summed E-state index contributed by atoms with van der Waals surface area (Å²) >= 11 is 0. The molecule has 0 aliphatic heterocycles. The van der Waals surface area contributed by atoms with E-state index in [-0.39, 0.29) is 0 Å². The van der Waals surface area contributed by atoms with Crippen molar-refractivity contribution >= 4 is 0 Å². The van der Waals surface area contributed by atoms with Crippen molar-refractivity contribution in [3.8, 4) is 5.75 Å². The molecule has 2 aliphatic rings. The summed E-state index contributed by atoms with van der Waals surface area (Å²) in [7, 11) is 0. The second kappa shape index (κ2) is 7.01. The molecule has 0 bridgehead atoms. The maximum atomic E-state index is 10.1. The van der Waals surface area contributed by atoms with E-state index in [2.05, 4.69) is 0 Å². The van der Waals surface area contributed by atoms with Crippen LogP contribution in [0, 0.1) is 11.3 Å². The van der Waals surface area contributed by atoms with Crippen LogP contribution in [0.3, 0.4) is 0 Å². The molecule has 3 nitrogen and oxygen atoms in total. The van der Waals surface area contributed by atoms with Crippen molar-refractivity contribution in [3.05, 3.63) is 29.8 Å². The Morgan fingerprint density at radius 3 is 2.68 bits per heavy atom. The molecule has 122 valence electrons. The van der Waals surface area contributed by atoms with Crippen LogP contribution in [0.5, 0.6) is 5.75 Å². The van der Waals surface area contributed by atoms with Crippen molar-refractivity contribution in [1.82, 2.24) is 0 Å². The number of nitrogens with two attached hydrogens (primary N) is 1. The molecule has 3 heteroatoms. The number of hydrogen-bond donors (Lipinski definition) is 2. The molecule has 3 N–H and O–H groups in total. The molecule has 0 heterocycles. The van der Waals surface area contributed by atoms with Crippen LogP contribution in [0.25, 0.3) is 0 Å². The lowest BCUT2D eigenvalue weighted by Gasteiger charge is -2.37. The molecule has 3 rings (SSSR count). The summed E-state index contributed by atoms with van der Waals surface area (Å²) in [4.78, 5) is 0. The van der Waals surface area contributed by atoms with E-state index in [0.29, 0.717) is 18.4 Å². The summed E-state index contributed by atoms with van der Waals surface area (Å²) in [5.74, 6) is 1.78. The summed E-state index contributed by atoms with van der Waals surface area (Å²) in [6, 6.07) is 7.89. The summed E-state index contributed by atoms with van der Waals surface area (Å²) in [5, 5.41) is 10.1. The first-order valence-corrected chi connectivity index (χ1v) is 8.84. The molecule has 2 aliphatic carbocycles. The normalized spacial score (nSPS) is 22.3. The number of benzene rings is 1. The van der Waals surface area contributed by atoms with Gasteiger partial charge in [-0.15, -0.1) is 0 Å². The zero-order valence-corrected chi connectivity index (χ0v) is 13.5. The maximum Gasteiger partial charge on any atom is 0.119 e. The lowest BCUT2D eigenvalue weighted by molar-refractivity contribution is 0.0736. The number of rotatable bonds is 7. The number of aliphatic hydroxyl groups excluding tert-OH is 1. The van der Waals surface area contributed by atoms with Crippen LogP contribution >= 0.6 is 0 Å². The average molecular weight is 303 g/mol. The van der Waals surface area contributed by atoms with Crippen molar-refractivity contribution in [2.75, 3.05) is 13.2 Å². The number of ether oxygens (including phenoxy) is 1. The monoisotopic (exact) mass is 303 g/mol. The van der Waals surface area contributed by atoms with E-state index in [4.69, 9.17) is 10.5 Å². The molecule has 0 amide bonds. The first-order chi connectivity index (χ1) is 10.7. The number of hydrogen-bond acceptors (Lipinski definition) is 3. The molecule has 0 radical (unpaired) electrons. The van der Waals surface area contributed by atoms with Crippen LogP contribution in [-0.4, -0.2) is 18.3 Å². The van der Waals surface area contributed by atoms with E-state index in [1.807, 2.05) is 24.3 Å². The van der Waals surface area contributed by atoms with Crippen LogP contribution in [-0.2, 0) is 0 Å². The standard InChI is InChI=1S/C19H29NO2/c20-12-9-18(21)15-5-4-6-17(13-15)22-14-19(16-7-8-16)10-2-1-3-11-19/h4-6,13,16,18,21H,1-3,7-12,14,20H2. The Hall–Kier alpha value is -1.06. The second-order valence-corrected chi connectivity index (χ2v) is 7.15. The van der Waals surface area contributed by atoms with Crippen molar-refractivity contribution < 1.29 is 9.84 Å². The fraction of sp³-hybridized carbons (Fsp3) is 0.684. The molecular formula is C19H29NO2. The van der Waals surface area contributed by atoms with Crippen LogP contribution in [0.4, 0.5) is 0 Å². The molecule has 0 aromatic heterocycles. The minimum atomic E-state index is -0.486. The van der Waals surface area contributed by atoms with Gasteiger partial charge in [0.15, 0.2) is 0 Å². The highest BCUT2D eigenvalue weighted by molar-refractivity contribution is 5.30. The molecule has 1 atom stereocenters. The second-order valence-electron chi connectivity index (χ2n) is 7.15. The lowest BCUT2D eigenvalue weighted by Crippen LogP contribution is -2.33. The quantitative estimate of drug-likeness (QED) is 0.805. The van der Waals surface area contributed by atoms with Gasteiger partial charge in [0.2, 0.25) is 0 Å². The zero-order chi connectivity index (χ0) is 15.4. The minimum Gasteiger partial charge on any atom is -0.493 e. The van der Waals surface area contributed by atoms with Crippen LogP contribution in [0.1, 0.15) is 63.0 Å². The summed E-state index contributed by atoms with van der Waals surface area (Å²) in [6.07, 6.45) is 9.63. The van der Waals surface area contributed by atoms with Gasteiger partial charge in [-0.3, -0.25) is 0 Å². The van der Waals surface area contributed by atoms with Gasteiger partial charge in [0.25, 0.3) is 0 Å². The molecule has 1 aromatic carbocycles. The van der Waals surface area contributed by atoms with E-state index in [1.165, 1.54) is 44.9 Å². The van der Waals surface area contributed by atoms with Gasteiger partial charge in [0.05, 0.1) is 12.7 Å². The fourth-order valence-electron chi connectivity index (χ4n) is 3.99. The van der Waals surface area contributed by atoms with Gasteiger partial charge in [-0.25, -0.2) is 0 Å². The third-order valence-electron chi connectivity index (χ3n) is 5.50. The van der Waals surface area contributed by atoms with E-state index >= 15 is 0 Å². The van der Waals surface area contributed by atoms with Gasteiger partial charge >= 0.3 is 0 Å². The van der Waals surface area contributed by atoms with Crippen molar-refractivity contribution in [2.45, 2.75) is 57.5 Å². The summed E-state index contributed by atoms with van der Waals surface area (Å²) < 4.78 is 6.18. The van der Waals surface area contributed by atoms with Crippen LogP contribution < -0.4 is 10.5 Å². The van der Waals surface area contributed by atoms with Gasteiger partial charge in [-0.1, -0.05) is 31.4 Å². The van der Waals surface area contributed by atoms with Gasteiger partial charge in [0, 0.05) is 5.41 Å². The van der Waals surface area contributed by atoms with Crippen LogP contribution in [0.15, 0.2) is 24.3 Å². The Balaban J connectivity index is 1.64. The fourth-order valence-corrected chi connectivity index (χ4v) is 3.99. The van der Waals surface area contributed by atoms with E-state index in [1.54, 1.807) is 0 Å². The van der Waals surface area contributed by atoms with E-state index < -0.39 is 6.10 Å². The average Bonchev–Trinajstić information content (AvgIpc) is 3.40. The molecule has 0 saturated heterocycles. The predicted octanol–water partition coefficient (Wildman–Crippen LogP) is 3.81. The smallest absolute Gasteiger partial charge is 0.119 e. The first kappa shape index (κ1) is 15.8. The third-order valence-corrected chi connectivity index (χ3v) is 5.50. The van der Waals surface area contributed by atoms with Crippen molar-refractivity contribution in [3.63, 3.8) is 0 Å². The molecular weight excluding hydrogens is 274 g/mol.